The van der Waals surface area contributed by atoms with Crippen LogP contribution in [0.15, 0.2) is 65.1 Å². The van der Waals surface area contributed by atoms with Gasteiger partial charge in [-0.25, -0.2) is 4.39 Å². The number of halogens is 5. The van der Waals surface area contributed by atoms with E-state index in [0.717, 1.165) is 28.7 Å². The molecule has 0 radical (unpaired) electrons. The Morgan fingerprint density at radius 1 is 0.871 bits per heavy atom. The minimum Gasteiger partial charge on any atom is -0.322 e. The third-order valence-electron chi connectivity index (χ3n) is 4.37. The summed E-state index contributed by atoms with van der Waals surface area (Å²) in [6.07, 6.45) is -4.78. The molecule has 0 aliphatic rings. The monoisotopic (exact) mass is 494 g/mol. The molecule has 0 atom stereocenters. The molecule has 0 saturated carbocycles. The summed E-state index contributed by atoms with van der Waals surface area (Å²) in [5.41, 5.74) is -0.793. The van der Waals surface area contributed by atoms with Gasteiger partial charge >= 0.3 is 6.18 Å². The molecule has 0 heterocycles. The largest absolute Gasteiger partial charge is 0.418 e. The van der Waals surface area contributed by atoms with Crippen molar-refractivity contribution in [3.63, 3.8) is 0 Å². The van der Waals surface area contributed by atoms with E-state index in [0.29, 0.717) is 5.56 Å². The van der Waals surface area contributed by atoms with E-state index in [-0.39, 0.29) is 16.8 Å². The first-order chi connectivity index (χ1) is 14.5. The molecule has 0 saturated heterocycles. The second kappa shape index (κ2) is 8.89. The summed E-state index contributed by atoms with van der Waals surface area (Å²) in [5, 5.41) is 4.62. The quantitative estimate of drug-likeness (QED) is 0.411. The van der Waals surface area contributed by atoms with Crippen LogP contribution in [0.1, 0.15) is 31.8 Å². The maximum absolute atomic E-state index is 13.6. The highest BCUT2D eigenvalue weighted by molar-refractivity contribution is 9.10. The number of carbonyl (C=O) groups is 2. The van der Waals surface area contributed by atoms with Gasteiger partial charge in [0.1, 0.15) is 5.82 Å². The van der Waals surface area contributed by atoms with Crippen molar-refractivity contribution in [1.82, 2.24) is 0 Å². The SMILES string of the molecule is Cc1cc(Br)ccc1C(=O)Nc1ccc(NC(=O)c2ccc(F)cc2)cc1C(F)(F)F. The van der Waals surface area contributed by atoms with Gasteiger partial charge in [-0.05, 0) is 73.2 Å². The topological polar surface area (TPSA) is 58.2 Å². The predicted octanol–water partition coefficient (Wildman–Crippen LogP) is 6.42. The zero-order chi connectivity index (χ0) is 22.8. The van der Waals surface area contributed by atoms with Gasteiger partial charge in [0.15, 0.2) is 0 Å². The molecule has 160 valence electrons. The number of aryl methyl sites for hydroxylation is 1. The van der Waals surface area contributed by atoms with E-state index in [2.05, 4.69) is 26.6 Å². The third kappa shape index (κ3) is 5.49. The second-order valence-electron chi connectivity index (χ2n) is 6.63. The van der Waals surface area contributed by atoms with Crippen LogP contribution in [0.5, 0.6) is 0 Å². The van der Waals surface area contributed by atoms with Gasteiger partial charge in [-0.2, -0.15) is 13.2 Å². The van der Waals surface area contributed by atoms with E-state index in [1.54, 1.807) is 19.1 Å². The average molecular weight is 495 g/mol. The fraction of sp³-hybridized carbons (Fsp3) is 0.0909. The smallest absolute Gasteiger partial charge is 0.322 e. The van der Waals surface area contributed by atoms with Crippen molar-refractivity contribution >= 4 is 39.1 Å². The summed E-state index contributed by atoms with van der Waals surface area (Å²) in [6, 6.07) is 12.4. The third-order valence-corrected chi connectivity index (χ3v) is 4.86. The lowest BCUT2D eigenvalue weighted by Crippen LogP contribution is -2.18. The van der Waals surface area contributed by atoms with Crippen LogP contribution in [0.3, 0.4) is 0 Å². The van der Waals surface area contributed by atoms with Crippen molar-refractivity contribution < 1.29 is 27.2 Å². The van der Waals surface area contributed by atoms with Gasteiger partial charge in [-0.1, -0.05) is 15.9 Å². The number of hydrogen-bond donors (Lipinski definition) is 2. The number of rotatable bonds is 4. The van der Waals surface area contributed by atoms with Gasteiger partial charge in [-0.3, -0.25) is 9.59 Å². The molecule has 0 fully saturated rings. The fourth-order valence-electron chi connectivity index (χ4n) is 2.84. The van der Waals surface area contributed by atoms with Crippen LogP contribution in [0.4, 0.5) is 28.9 Å². The molecule has 9 heteroatoms. The van der Waals surface area contributed by atoms with Crippen molar-refractivity contribution in [1.29, 1.82) is 0 Å². The molecule has 3 aromatic rings. The van der Waals surface area contributed by atoms with Gasteiger partial charge in [0.25, 0.3) is 11.8 Å². The molecule has 2 amide bonds. The van der Waals surface area contributed by atoms with Crippen molar-refractivity contribution in [3.8, 4) is 0 Å². The normalized spacial score (nSPS) is 11.2. The lowest BCUT2D eigenvalue weighted by molar-refractivity contribution is -0.136. The van der Waals surface area contributed by atoms with Crippen molar-refractivity contribution in [2.75, 3.05) is 10.6 Å². The lowest BCUT2D eigenvalue weighted by Gasteiger charge is -2.16. The minimum absolute atomic E-state index is 0.0815. The summed E-state index contributed by atoms with van der Waals surface area (Å²) in [4.78, 5) is 24.7. The van der Waals surface area contributed by atoms with Crippen molar-refractivity contribution in [2.24, 2.45) is 0 Å². The predicted molar refractivity (Wildman–Crippen MR) is 113 cm³/mol. The number of benzene rings is 3. The minimum atomic E-state index is -4.78. The molecule has 31 heavy (non-hydrogen) atoms. The summed E-state index contributed by atoms with van der Waals surface area (Å²) in [5.74, 6) is -1.94. The highest BCUT2D eigenvalue weighted by Crippen LogP contribution is 2.37. The Hall–Kier alpha value is -3.20. The molecule has 3 rings (SSSR count). The first-order valence-electron chi connectivity index (χ1n) is 8.90. The number of alkyl halides is 3. The van der Waals surface area contributed by atoms with Gasteiger partial charge in [0.05, 0.1) is 11.3 Å². The number of amides is 2. The highest BCUT2D eigenvalue weighted by Gasteiger charge is 2.34. The molecule has 0 aliphatic heterocycles. The van der Waals surface area contributed by atoms with E-state index in [1.807, 2.05) is 0 Å². The van der Waals surface area contributed by atoms with E-state index in [4.69, 9.17) is 0 Å². The van der Waals surface area contributed by atoms with Crippen LogP contribution in [0.25, 0.3) is 0 Å². The van der Waals surface area contributed by atoms with Gasteiger partial charge in [0, 0.05) is 21.3 Å². The van der Waals surface area contributed by atoms with Crippen LogP contribution in [-0.4, -0.2) is 11.8 Å². The van der Waals surface area contributed by atoms with E-state index < -0.39 is 35.1 Å². The van der Waals surface area contributed by atoms with E-state index in [1.165, 1.54) is 24.3 Å². The summed E-state index contributed by atoms with van der Waals surface area (Å²) < 4.78 is 54.5. The molecule has 0 bridgehead atoms. The molecular weight excluding hydrogens is 480 g/mol. The van der Waals surface area contributed by atoms with Crippen LogP contribution < -0.4 is 10.6 Å². The number of carbonyl (C=O) groups excluding carboxylic acids is 2. The molecule has 3 aromatic carbocycles. The molecule has 0 aliphatic carbocycles. The molecular formula is C22H15BrF4N2O2. The van der Waals surface area contributed by atoms with Gasteiger partial charge in [0.2, 0.25) is 0 Å². The molecule has 0 spiro atoms. The molecule has 4 nitrogen and oxygen atoms in total. The highest BCUT2D eigenvalue weighted by atomic mass is 79.9. The number of hydrogen-bond acceptors (Lipinski definition) is 2. The Kier molecular flexibility index (Phi) is 6.45. The number of nitrogens with one attached hydrogen (secondary N) is 2. The zero-order valence-corrected chi connectivity index (χ0v) is 17.6. The Morgan fingerprint density at radius 3 is 2.16 bits per heavy atom. The Bertz CT molecular complexity index is 1150. The Balaban J connectivity index is 1.87. The molecule has 2 N–H and O–H groups in total. The van der Waals surface area contributed by atoms with Crippen molar-refractivity contribution in [2.45, 2.75) is 13.1 Å². The zero-order valence-electron chi connectivity index (χ0n) is 16.0. The first kappa shape index (κ1) is 22.5. The fourth-order valence-corrected chi connectivity index (χ4v) is 3.32. The average Bonchev–Trinajstić information content (AvgIpc) is 2.68. The lowest BCUT2D eigenvalue weighted by atomic mass is 10.1. The Labute approximate surface area is 183 Å². The molecule has 0 unspecified atom stereocenters. The van der Waals surface area contributed by atoms with Crippen molar-refractivity contribution in [3.05, 3.63) is 93.2 Å². The maximum atomic E-state index is 13.6. The van der Waals surface area contributed by atoms with Crippen LogP contribution in [-0.2, 0) is 6.18 Å². The van der Waals surface area contributed by atoms with Crippen LogP contribution in [0, 0.1) is 12.7 Å². The molecule has 0 aromatic heterocycles. The maximum Gasteiger partial charge on any atom is 0.418 e. The number of anilines is 2. The summed E-state index contributed by atoms with van der Waals surface area (Å²) >= 11 is 3.26. The second-order valence-corrected chi connectivity index (χ2v) is 7.55. The standard InChI is InChI=1S/C22H15BrF4N2O2/c1-12-10-14(23)4-8-17(12)21(31)29-19-9-7-16(11-18(19)22(25,26)27)28-20(30)13-2-5-15(24)6-3-13/h2-11H,1H3,(H,28,30)(H,29,31). The van der Waals surface area contributed by atoms with Crippen LogP contribution in [0.2, 0.25) is 0 Å². The first-order valence-corrected chi connectivity index (χ1v) is 9.69. The Morgan fingerprint density at radius 2 is 1.55 bits per heavy atom. The van der Waals surface area contributed by atoms with Crippen LogP contribution >= 0.6 is 15.9 Å². The summed E-state index contributed by atoms with van der Waals surface area (Å²) in [7, 11) is 0. The summed E-state index contributed by atoms with van der Waals surface area (Å²) in [6.45, 7) is 1.67. The van der Waals surface area contributed by atoms with E-state index >= 15 is 0 Å². The van der Waals surface area contributed by atoms with E-state index in [9.17, 15) is 27.2 Å². The van der Waals surface area contributed by atoms with Gasteiger partial charge < -0.3 is 10.6 Å². The van der Waals surface area contributed by atoms with Gasteiger partial charge in [-0.15, -0.1) is 0 Å².